The highest BCUT2D eigenvalue weighted by Gasteiger charge is 2.36. The second-order valence-corrected chi connectivity index (χ2v) is 6.45. The highest BCUT2D eigenvalue weighted by molar-refractivity contribution is 5.92. The summed E-state index contributed by atoms with van der Waals surface area (Å²) in [5, 5.41) is 23.0. The quantitative estimate of drug-likeness (QED) is 0.649. The lowest BCUT2D eigenvalue weighted by Crippen LogP contribution is -2.32. The van der Waals surface area contributed by atoms with Crippen LogP contribution in [0.1, 0.15) is 24.0 Å². The van der Waals surface area contributed by atoms with E-state index in [1.807, 2.05) is 30.3 Å². The number of rotatable bonds is 3. The van der Waals surface area contributed by atoms with Gasteiger partial charge in [-0.1, -0.05) is 24.3 Å². The van der Waals surface area contributed by atoms with E-state index in [0.717, 1.165) is 10.9 Å². The normalized spacial score (nSPS) is 15.7. The van der Waals surface area contributed by atoms with E-state index in [2.05, 4.69) is 10.3 Å². The zero-order chi connectivity index (χ0) is 19.8. The van der Waals surface area contributed by atoms with Gasteiger partial charge in [0.1, 0.15) is 17.1 Å². The number of carboxylic acids is 1. The average molecular weight is 376 g/mol. The molecule has 0 spiro atoms. The number of carbonyl (C=O) groups excluding carboxylic acids is 1. The van der Waals surface area contributed by atoms with Crippen molar-refractivity contribution in [1.29, 1.82) is 0 Å². The molecule has 3 aromatic rings. The maximum atomic E-state index is 12.1. The van der Waals surface area contributed by atoms with Crippen molar-refractivity contribution in [3.05, 3.63) is 77.3 Å². The number of aliphatic carboxylic acids is 1. The molecule has 1 amide bonds. The van der Waals surface area contributed by atoms with Gasteiger partial charge in [0, 0.05) is 30.1 Å². The molecule has 2 aromatic carbocycles. The predicted molar refractivity (Wildman–Crippen MR) is 101 cm³/mol. The van der Waals surface area contributed by atoms with E-state index in [1.54, 1.807) is 12.3 Å². The maximum absolute atomic E-state index is 12.1. The van der Waals surface area contributed by atoms with E-state index >= 15 is 0 Å². The van der Waals surface area contributed by atoms with Crippen molar-refractivity contribution >= 4 is 22.8 Å². The van der Waals surface area contributed by atoms with Gasteiger partial charge in [-0.2, -0.15) is 0 Å². The number of phenolic OH excluding ortho intramolecular Hbond substituents is 1. The van der Waals surface area contributed by atoms with Gasteiger partial charge < -0.3 is 14.9 Å². The number of nitrogens with one attached hydrogen (secondary N) is 1. The van der Waals surface area contributed by atoms with Crippen molar-refractivity contribution in [2.45, 2.75) is 12.8 Å². The number of pyridine rings is 1. The van der Waals surface area contributed by atoms with Crippen molar-refractivity contribution in [3.63, 3.8) is 0 Å². The monoisotopic (exact) mass is 376 g/mol. The summed E-state index contributed by atoms with van der Waals surface area (Å²) in [4.78, 5) is 28.1. The first-order chi connectivity index (χ1) is 13.4. The molecule has 4 rings (SSSR count). The van der Waals surface area contributed by atoms with Crippen molar-refractivity contribution in [2.24, 2.45) is 0 Å². The van der Waals surface area contributed by atoms with Gasteiger partial charge in [0.2, 0.25) is 11.8 Å². The number of hydrogen-bond donors (Lipinski definition) is 3. The summed E-state index contributed by atoms with van der Waals surface area (Å²) in [5.74, 6) is -2.35. The number of fused-ring (bicyclic) bond motifs is 2. The zero-order valence-corrected chi connectivity index (χ0v) is 14.8. The summed E-state index contributed by atoms with van der Waals surface area (Å²) in [6.07, 6.45) is 1.61. The number of ether oxygens (including phenoxy) is 1. The molecule has 7 heteroatoms. The van der Waals surface area contributed by atoms with Crippen molar-refractivity contribution in [2.75, 3.05) is 0 Å². The fourth-order valence-corrected chi connectivity index (χ4v) is 3.37. The Labute approximate surface area is 159 Å². The summed E-state index contributed by atoms with van der Waals surface area (Å²) >= 11 is 0. The summed E-state index contributed by atoms with van der Waals surface area (Å²) in [7, 11) is 0. The van der Waals surface area contributed by atoms with Crippen molar-refractivity contribution < 1.29 is 24.5 Å². The second kappa shape index (κ2) is 6.70. The number of para-hydroxylation sites is 1. The minimum Gasteiger partial charge on any atom is -0.508 e. The molecule has 2 heterocycles. The molecule has 7 nitrogen and oxygen atoms in total. The molecule has 1 aliphatic rings. The molecule has 140 valence electrons. The summed E-state index contributed by atoms with van der Waals surface area (Å²) in [5.41, 5.74) is 1.87. The molecule has 1 atom stereocenters. The lowest BCUT2D eigenvalue weighted by atomic mass is 9.83. The number of nitrogens with zero attached hydrogens (tertiary/aromatic N) is 1. The van der Waals surface area contributed by atoms with Gasteiger partial charge >= 0.3 is 5.97 Å². The fraction of sp³-hybridized carbons (Fsp3) is 0.0952. The van der Waals surface area contributed by atoms with E-state index in [-0.39, 0.29) is 23.0 Å². The number of carbonyl (C=O) groups is 2. The summed E-state index contributed by atoms with van der Waals surface area (Å²) in [6.45, 7) is 1.26. The number of aromatic hydroxyl groups is 1. The Kier molecular flexibility index (Phi) is 4.19. The van der Waals surface area contributed by atoms with E-state index in [1.165, 1.54) is 19.1 Å². The lowest BCUT2D eigenvalue weighted by molar-refractivity contribution is -0.133. The number of carboxylic acid groups (broad SMARTS) is 1. The van der Waals surface area contributed by atoms with E-state index in [4.69, 9.17) is 4.74 Å². The van der Waals surface area contributed by atoms with Crippen LogP contribution in [-0.4, -0.2) is 27.1 Å². The van der Waals surface area contributed by atoms with Crippen LogP contribution in [0.25, 0.3) is 10.9 Å². The maximum Gasteiger partial charge on any atom is 0.337 e. The highest BCUT2D eigenvalue weighted by Crippen LogP contribution is 2.44. The Hall–Kier alpha value is -3.87. The molecule has 28 heavy (non-hydrogen) atoms. The molecule has 0 radical (unpaired) electrons. The summed E-state index contributed by atoms with van der Waals surface area (Å²) in [6, 6.07) is 13.8. The van der Waals surface area contributed by atoms with Crippen LogP contribution in [0.2, 0.25) is 0 Å². The number of hydrogen-bond acceptors (Lipinski definition) is 5. The molecule has 1 aromatic heterocycles. The Balaban J connectivity index is 1.97. The van der Waals surface area contributed by atoms with Crippen LogP contribution in [0.3, 0.4) is 0 Å². The SMILES string of the molecule is CC(=O)NC1=C(C(=O)O)C(c2cnc3ccccc3c2)c2ccc(O)cc2O1. The topological polar surface area (TPSA) is 109 Å². The van der Waals surface area contributed by atoms with Crippen molar-refractivity contribution in [1.82, 2.24) is 10.3 Å². The number of amides is 1. The van der Waals surface area contributed by atoms with Crippen LogP contribution >= 0.6 is 0 Å². The number of aromatic nitrogens is 1. The molecule has 0 saturated heterocycles. The first kappa shape index (κ1) is 17.5. The third-order valence-corrected chi connectivity index (χ3v) is 4.52. The number of phenols is 1. The smallest absolute Gasteiger partial charge is 0.337 e. The molecular formula is C21H16N2O5. The number of benzene rings is 2. The summed E-state index contributed by atoms with van der Waals surface area (Å²) < 4.78 is 5.62. The second-order valence-electron chi connectivity index (χ2n) is 6.45. The third kappa shape index (κ3) is 3.03. The largest absolute Gasteiger partial charge is 0.508 e. The van der Waals surface area contributed by atoms with Gasteiger partial charge in [-0.25, -0.2) is 4.79 Å². The van der Waals surface area contributed by atoms with Gasteiger partial charge in [0.05, 0.1) is 11.4 Å². The Bertz CT molecular complexity index is 1150. The molecule has 0 bridgehead atoms. The zero-order valence-electron chi connectivity index (χ0n) is 14.8. The first-order valence-corrected chi connectivity index (χ1v) is 8.54. The van der Waals surface area contributed by atoms with Crippen molar-refractivity contribution in [3.8, 4) is 11.5 Å². The average Bonchev–Trinajstić information content (AvgIpc) is 2.65. The Morgan fingerprint density at radius 3 is 2.68 bits per heavy atom. The minimum absolute atomic E-state index is 0.0323. The van der Waals surface area contributed by atoms with E-state index in [0.29, 0.717) is 11.1 Å². The minimum atomic E-state index is -1.22. The fourth-order valence-electron chi connectivity index (χ4n) is 3.37. The van der Waals surface area contributed by atoms with Crippen LogP contribution in [0.4, 0.5) is 0 Å². The Morgan fingerprint density at radius 1 is 1.14 bits per heavy atom. The van der Waals surface area contributed by atoms with E-state index < -0.39 is 17.8 Å². The molecule has 1 unspecified atom stereocenters. The molecule has 1 aliphatic heterocycles. The molecule has 0 fully saturated rings. The molecule has 0 saturated carbocycles. The van der Waals surface area contributed by atoms with Gasteiger partial charge in [-0.05, 0) is 23.8 Å². The van der Waals surface area contributed by atoms with Crippen LogP contribution in [-0.2, 0) is 9.59 Å². The van der Waals surface area contributed by atoms with Gasteiger partial charge in [0.25, 0.3) is 0 Å². The van der Waals surface area contributed by atoms with Crippen LogP contribution in [0.15, 0.2) is 66.2 Å². The van der Waals surface area contributed by atoms with Crippen LogP contribution in [0, 0.1) is 0 Å². The van der Waals surface area contributed by atoms with Gasteiger partial charge in [-0.15, -0.1) is 0 Å². The van der Waals surface area contributed by atoms with Gasteiger partial charge in [-0.3, -0.25) is 15.1 Å². The third-order valence-electron chi connectivity index (χ3n) is 4.52. The Morgan fingerprint density at radius 2 is 1.93 bits per heavy atom. The standard InChI is InChI=1S/C21H16N2O5/c1-11(24)23-20-19(21(26)27)18(15-7-6-14(25)9-17(15)28-20)13-8-12-4-2-3-5-16(12)22-10-13/h2-10,18,25H,1H3,(H,23,24)(H,26,27). The predicted octanol–water partition coefficient (Wildman–Crippen LogP) is 2.90. The van der Waals surface area contributed by atoms with Gasteiger partial charge in [0.15, 0.2) is 0 Å². The highest BCUT2D eigenvalue weighted by atomic mass is 16.5. The molecular weight excluding hydrogens is 360 g/mol. The first-order valence-electron chi connectivity index (χ1n) is 8.54. The van der Waals surface area contributed by atoms with Crippen LogP contribution < -0.4 is 10.1 Å². The van der Waals surface area contributed by atoms with Crippen LogP contribution in [0.5, 0.6) is 11.5 Å². The lowest BCUT2D eigenvalue weighted by Gasteiger charge is -2.29. The molecule has 0 aliphatic carbocycles. The molecule has 3 N–H and O–H groups in total. The van der Waals surface area contributed by atoms with E-state index in [9.17, 15) is 19.8 Å².